The van der Waals surface area contributed by atoms with Crippen LogP contribution in [0.4, 0.5) is 4.39 Å². The molecule has 1 aliphatic heterocycles. The van der Waals surface area contributed by atoms with E-state index >= 15 is 0 Å². The van der Waals surface area contributed by atoms with Crippen molar-refractivity contribution in [3.63, 3.8) is 0 Å². The fourth-order valence-corrected chi connectivity index (χ4v) is 4.25. The highest BCUT2D eigenvalue weighted by Gasteiger charge is 2.31. The van der Waals surface area contributed by atoms with Gasteiger partial charge < -0.3 is 4.90 Å². The van der Waals surface area contributed by atoms with Crippen LogP contribution in [-0.4, -0.2) is 22.3 Å². The third kappa shape index (κ3) is 3.53. The van der Waals surface area contributed by atoms with E-state index in [0.717, 1.165) is 29.8 Å². The molecule has 4 rings (SSSR count). The van der Waals surface area contributed by atoms with Crippen LogP contribution in [0.2, 0.25) is 0 Å². The van der Waals surface area contributed by atoms with Gasteiger partial charge in [-0.2, -0.15) is 0 Å². The second-order valence-corrected chi connectivity index (χ2v) is 7.44. The predicted octanol–water partition coefficient (Wildman–Crippen LogP) is 4.85. The molecule has 2 heterocycles. The summed E-state index contributed by atoms with van der Waals surface area (Å²) in [5.74, 6) is -0.290. The van der Waals surface area contributed by atoms with Crippen molar-refractivity contribution in [3.05, 3.63) is 87.6 Å². The van der Waals surface area contributed by atoms with E-state index in [1.807, 2.05) is 28.5 Å². The molecule has 0 bridgehead atoms. The first-order chi connectivity index (χ1) is 12.7. The lowest BCUT2D eigenvalue weighted by molar-refractivity contribution is 0.0730. The maximum atomic E-state index is 13.2. The quantitative estimate of drug-likeness (QED) is 0.661. The van der Waals surface area contributed by atoms with Crippen molar-refractivity contribution >= 4 is 17.2 Å². The second-order valence-electron chi connectivity index (χ2n) is 6.50. The SMILES string of the molecule is O=C(c1csc(Cc2ccccc2)n1)N1CCC[C@@H]1c1ccc(F)cc1. The van der Waals surface area contributed by atoms with Gasteiger partial charge in [-0.1, -0.05) is 42.5 Å². The van der Waals surface area contributed by atoms with Crippen LogP contribution in [0.25, 0.3) is 0 Å². The Morgan fingerprint density at radius 3 is 2.69 bits per heavy atom. The summed E-state index contributed by atoms with van der Waals surface area (Å²) in [5.41, 5.74) is 2.68. The van der Waals surface area contributed by atoms with Gasteiger partial charge in [0.25, 0.3) is 5.91 Å². The minimum Gasteiger partial charge on any atom is -0.330 e. The number of aromatic nitrogens is 1. The number of nitrogens with zero attached hydrogens (tertiary/aromatic N) is 2. The lowest BCUT2D eigenvalue weighted by Gasteiger charge is -2.24. The fraction of sp³-hybridized carbons (Fsp3) is 0.238. The van der Waals surface area contributed by atoms with E-state index in [4.69, 9.17) is 0 Å². The number of benzene rings is 2. The molecule has 1 fully saturated rings. The van der Waals surface area contributed by atoms with Crippen LogP contribution in [0.3, 0.4) is 0 Å². The molecule has 1 amide bonds. The highest BCUT2D eigenvalue weighted by atomic mass is 32.1. The Labute approximate surface area is 156 Å². The summed E-state index contributed by atoms with van der Waals surface area (Å²) in [7, 11) is 0. The molecule has 0 unspecified atom stereocenters. The minimum absolute atomic E-state index is 0.00220. The van der Waals surface area contributed by atoms with Crippen molar-refractivity contribution in [1.82, 2.24) is 9.88 Å². The number of hydrogen-bond acceptors (Lipinski definition) is 3. The summed E-state index contributed by atoms with van der Waals surface area (Å²) < 4.78 is 13.2. The molecule has 0 radical (unpaired) electrons. The van der Waals surface area contributed by atoms with Crippen LogP contribution < -0.4 is 0 Å². The Kier molecular flexibility index (Phi) is 4.80. The van der Waals surface area contributed by atoms with Crippen molar-refractivity contribution in [2.45, 2.75) is 25.3 Å². The monoisotopic (exact) mass is 366 g/mol. The lowest BCUT2D eigenvalue weighted by atomic mass is 10.0. The van der Waals surface area contributed by atoms with Crippen LogP contribution in [0.5, 0.6) is 0 Å². The maximum absolute atomic E-state index is 13.2. The summed E-state index contributed by atoms with van der Waals surface area (Å²) in [6.07, 6.45) is 2.59. The van der Waals surface area contributed by atoms with Gasteiger partial charge in [0.15, 0.2) is 0 Å². The molecule has 26 heavy (non-hydrogen) atoms. The van der Waals surface area contributed by atoms with Gasteiger partial charge in [-0.25, -0.2) is 9.37 Å². The van der Waals surface area contributed by atoms with Gasteiger partial charge in [0.05, 0.1) is 11.0 Å². The van der Waals surface area contributed by atoms with Gasteiger partial charge >= 0.3 is 0 Å². The summed E-state index contributed by atoms with van der Waals surface area (Å²) in [6.45, 7) is 0.715. The van der Waals surface area contributed by atoms with Crippen molar-refractivity contribution < 1.29 is 9.18 Å². The Balaban J connectivity index is 1.51. The number of carbonyl (C=O) groups is 1. The Morgan fingerprint density at radius 1 is 1.15 bits per heavy atom. The van der Waals surface area contributed by atoms with Gasteiger partial charge in [-0.15, -0.1) is 11.3 Å². The standard InChI is InChI=1S/C21H19FN2OS/c22-17-10-8-16(9-11-17)19-7-4-12-24(19)21(25)18-14-26-20(23-18)13-15-5-2-1-3-6-15/h1-3,5-6,8-11,14,19H,4,7,12-13H2/t19-/m1/s1. The first kappa shape index (κ1) is 16.9. The molecule has 5 heteroatoms. The van der Waals surface area contributed by atoms with Crippen molar-refractivity contribution in [2.75, 3.05) is 6.54 Å². The van der Waals surface area contributed by atoms with Crippen LogP contribution in [0, 0.1) is 5.82 Å². The molecule has 1 aromatic heterocycles. The number of rotatable bonds is 4. The lowest BCUT2D eigenvalue weighted by Crippen LogP contribution is -2.30. The molecule has 0 N–H and O–H groups in total. The summed E-state index contributed by atoms with van der Waals surface area (Å²) in [5, 5.41) is 2.79. The van der Waals surface area contributed by atoms with Gasteiger partial charge in [-0.3, -0.25) is 4.79 Å². The third-order valence-electron chi connectivity index (χ3n) is 4.74. The zero-order chi connectivity index (χ0) is 17.9. The van der Waals surface area contributed by atoms with Crippen LogP contribution >= 0.6 is 11.3 Å². The summed E-state index contributed by atoms with van der Waals surface area (Å²) in [6, 6.07) is 16.6. The largest absolute Gasteiger partial charge is 0.330 e. The molecule has 0 spiro atoms. The molecule has 0 saturated carbocycles. The van der Waals surface area contributed by atoms with Crippen molar-refractivity contribution in [2.24, 2.45) is 0 Å². The first-order valence-corrected chi connectivity index (χ1v) is 9.63. The van der Waals surface area contributed by atoms with Crippen LogP contribution in [-0.2, 0) is 6.42 Å². The molecular weight excluding hydrogens is 347 g/mol. The highest BCUT2D eigenvalue weighted by molar-refractivity contribution is 7.09. The number of hydrogen-bond donors (Lipinski definition) is 0. The van der Waals surface area contributed by atoms with Gasteiger partial charge in [0, 0.05) is 18.3 Å². The predicted molar refractivity (Wildman–Crippen MR) is 101 cm³/mol. The van der Waals surface area contributed by atoms with Crippen LogP contribution in [0.15, 0.2) is 60.0 Å². The fourth-order valence-electron chi connectivity index (χ4n) is 3.45. The molecule has 3 nitrogen and oxygen atoms in total. The Bertz CT molecular complexity index is 892. The first-order valence-electron chi connectivity index (χ1n) is 8.75. The van der Waals surface area contributed by atoms with Gasteiger partial charge in [0.2, 0.25) is 0 Å². The molecule has 0 aliphatic carbocycles. The average Bonchev–Trinajstić information content (AvgIpc) is 3.32. The topological polar surface area (TPSA) is 33.2 Å². The normalized spacial score (nSPS) is 16.8. The van der Waals surface area contributed by atoms with Gasteiger partial charge in [-0.05, 0) is 36.1 Å². The number of amides is 1. The average molecular weight is 366 g/mol. The molecule has 2 aromatic carbocycles. The third-order valence-corrected chi connectivity index (χ3v) is 5.59. The van der Waals surface area contributed by atoms with Crippen molar-refractivity contribution in [1.29, 1.82) is 0 Å². The van der Waals surface area contributed by atoms with E-state index < -0.39 is 0 Å². The molecular formula is C21H19FN2OS. The Morgan fingerprint density at radius 2 is 1.92 bits per heavy atom. The molecule has 3 aromatic rings. The van der Waals surface area contributed by atoms with E-state index in [1.165, 1.54) is 29.0 Å². The summed E-state index contributed by atoms with van der Waals surface area (Å²) in [4.78, 5) is 19.4. The van der Waals surface area contributed by atoms with E-state index in [9.17, 15) is 9.18 Å². The summed E-state index contributed by atoms with van der Waals surface area (Å²) >= 11 is 1.52. The van der Waals surface area contributed by atoms with E-state index in [-0.39, 0.29) is 17.8 Å². The van der Waals surface area contributed by atoms with E-state index in [2.05, 4.69) is 17.1 Å². The smallest absolute Gasteiger partial charge is 0.273 e. The number of likely N-dealkylation sites (tertiary alicyclic amines) is 1. The second kappa shape index (κ2) is 7.38. The number of halogens is 1. The Hall–Kier alpha value is -2.53. The molecule has 1 aliphatic rings. The number of carbonyl (C=O) groups excluding carboxylic acids is 1. The van der Waals surface area contributed by atoms with Crippen molar-refractivity contribution in [3.8, 4) is 0 Å². The highest BCUT2D eigenvalue weighted by Crippen LogP contribution is 2.33. The maximum Gasteiger partial charge on any atom is 0.273 e. The molecule has 1 saturated heterocycles. The molecule has 1 atom stereocenters. The zero-order valence-electron chi connectivity index (χ0n) is 14.3. The van der Waals surface area contributed by atoms with Gasteiger partial charge in [0.1, 0.15) is 11.5 Å². The molecule has 132 valence electrons. The van der Waals surface area contributed by atoms with E-state index in [1.54, 1.807) is 12.1 Å². The number of thiazole rings is 1. The van der Waals surface area contributed by atoms with E-state index in [0.29, 0.717) is 12.2 Å². The minimum atomic E-state index is -0.255. The zero-order valence-corrected chi connectivity index (χ0v) is 15.1. The van der Waals surface area contributed by atoms with Crippen LogP contribution in [0.1, 0.15) is 45.5 Å².